The van der Waals surface area contributed by atoms with Crippen molar-refractivity contribution in [2.75, 3.05) is 11.9 Å². The molecule has 0 aliphatic heterocycles. The molecule has 2 rings (SSSR count). The lowest BCUT2D eigenvalue weighted by Gasteiger charge is -2.10. The Balaban J connectivity index is 1.87. The van der Waals surface area contributed by atoms with E-state index in [1.807, 2.05) is 31.2 Å². The van der Waals surface area contributed by atoms with E-state index in [9.17, 15) is 13.6 Å². The van der Waals surface area contributed by atoms with Crippen LogP contribution in [-0.4, -0.2) is 18.3 Å². The van der Waals surface area contributed by atoms with E-state index in [1.54, 1.807) is 24.3 Å². The molecule has 1 N–H and O–H groups in total. The quantitative estimate of drug-likeness (QED) is 0.752. The SMILES string of the molecule is CCc1ccccc1OCC(=O)Nc1ccc(SC(F)F)cc1. The fraction of sp³-hybridized carbons (Fsp3) is 0.235. The number of aryl methyl sites for hydroxylation is 1. The Hall–Kier alpha value is -2.08. The number of hydrogen-bond acceptors (Lipinski definition) is 3. The predicted octanol–water partition coefficient (Wildman–Crippen LogP) is 4.58. The third kappa shape index (κ3) is 5.56. The summed E-state index contributed by atoms with van der Waals surface area (Å²) in [5.41, 5.74) is 1.58. The number of hydrogen-bond donors (Lipinski definition) is 1. The number of rotatable bonds is 7. The fourth-order valence-corrected chi connectivity index (χ4v) is 2.50. The second-order valence-corrected chi connectivity index (χ2v) is 5.76. The summed E-state index contributed by atoms with van der Waals surface area (Å²) in [5, 5.41) is 2.67. The average molecular weight is 337 g/mol. The van der Waals surface area contributed by atoms with Crippen molar-refractivity contribution in [1.29, 1.82) is 0 Å². The number of amides is 1. The minimum absolute atomic E-state index is 0.107. The van der Waals surface area contributed by atoms with Crippen molar-refractivity contribution < 1.29 is 18.3 Å². The first kappa shape index (κ1) is 17.3. The smallest absolute Gasteiger partial charge is 0.288 e. The van der Waals surface area contributed by atoms with Crippen molar-refractivity contribution in [3.8, 4) is 5.75 Å². The molecule has 2 aromatic carbocycles. The minimum atomic E-state index is -2.46. The van der Waals surface area contributed by atoms with E-state index in [2.05, 4.69) is 5.32 Å². The average Bonchev–Trinajstić information content (AvgIpc) is 2.54. The van der Waals surface area contributed by atoms with Crippen LogP contribution in [0.15, 0.2) is 53.4 Å². The number of halogens is 2. The monoisotopic (exact) mass is 337 g/mol. The van der Waals surface area contributed by atoms with Gasteiger partial charge in [-0.1, -0.05) is 36.9 Å². The molecule has 0 saturated heterocycles. The second-order valence-electron chi connectivity index (χ2n) is 4.70. The van der Waals surface area contributed by atoms with Gasteiger partial charge < -0.3 is 10.1 Å². The van der Waals surface area contributed by atoms with Gasteiger partial charge in [0.05, 0.1) is 0 Å². The fourth-order valence-electron chi connectivity index (χ4n) is 2.00. The zero-order chi connectivity index (χ0) is 16.7. The van der Waals surface area contributed by atoms with Crippen molar-refractivity contribution in [3.63, 3.8) is 0 Å². The lowest BCUT2D eigenvalue weighted by Crippen LogP contribution is -2.20. The summed E-state index contributed by atoms with van der Waals surface area (Å²) in [6.45, 7) is 1.91. The molecule has 0 spiro atoms. The molecule has 3 nitrogen and oxygen atoms in total. The molecule has 6 heteroatoms. The molecule has 0 saturated carbocycles. The van der Waals surface area contributed by atoms with E-state index in [1.165, 1.54) is 0 Å². The van der Waals surface area contributed by atoms with Crippen LogP contribution < -0.4 is 10.1 Å². The Morgan fingerprint density at radius 2 is 1.87 bits per heavy atom. The molecule has 0 heterocycles. The molecule has 122 valence electrons. The molecule has 0 bridgehead atoms. The first-order valence-electron chi connectivity index (χ1n) is 7.14. The lowest BCUT2D eigenvalue weighted by atomic mass is 10.1. The number of carbonyl (C=O) groups excluding carboxylic acids is 1. The van der Waals surface area contributed by atoms with Gasteiger partial charge in [0.25, 0.3) is 11.7 Å². The van der Waals surface area contributed by atoms with Crippen molar-refractivity contribution in [3.05, 3.63) is 54.1 Å². The summed E-state index contributed by atoms with van der Waals surface area (Å²) >= 11 is 0.467. The Morgan fingerprint density at radius 1 is 1.17 bits per heavy atom. The Bertz CT molecular complexity index is 647. The number of nitrogens with one attached hydrogen (secondary N) is 1. The number of benzene rings is 2. The maximum Gasteiger partial charge on any atom is 0.288 e. The van der Waals surface area contributed by atoms with Crippen molar-refractivity contribution in [1.82, 2.24) is 0 Å². The second kappa shape index (κ2) is 8.53. The van der Waals surface area contributed by atoms with Crippen LogP contribution in [0, 0.1) is 0 Å². The number of alkyl halides is 2. The minimum Gasteiger partial charge on any atom is -0.483 e. The number of ether oxygens (including phenoxy) is 1. The zero-order valence-corrected chi connectivity index (χ0v) is 13.4. The third-order valence-corrected chi connectivity index (χ3v) is 3.80. The molecule has 0 fully saturated rings. The lowest BCUT2D eigenvalue weighted by molar-refractivity contribution is -0.118. The van der Waals surface area contributed by atoms with E-state index in [0.717, 1.165) is 12.0 Å². The number of anilines is 1. The normalized spacial score (nSPS) is 10.6. The van der Waals surface area contributed by atoms with Gasteiger partial charge in [0.1, 0.15) is 5.75 Å². The molecule has 0 radical (unpaired) electrons. The van der Waals surface area contributed by atoms with Crippen molar-refractivity contribution in [2.24, 2.45) is 0 Å². The van der Waals surface area contributed by atoms with Crippen LogP contribution in [0.1, 0.15) is 12.5 Å². The van der Waals surface area contributed by atoms with E-state index >= 15 is 0 Å². The van der Waals surface area contributed by atoms with Crippen LogP contribution in [0.4, 0.5) is 14.5 Å². The van der Waals surface area contributed by atoms with Crippen molar-refractivity contribution >= 4 is 23.4 Å². The van der Waals surface area contributed by atoms with Gasteiger partial charge in [-0.3, -0.25) is 4.79 Å². The van der Waals surface area contributed by atoms with Crippen LogP contribution in [0.3, 0.4) is 0 Å². The highest BCUT2D eigenvalue weighted by atomic mass is 32.2. The van der Waals surface area contributed by atoms with Crippen LogP contribution in [0.2, 0.25) is 0 Å². The summed E-state index contributed by atoms with van der Waals surface area (Å²) in [5.74, 6) is -2.07. The van der Waals surface area contributed by atoms with Gasteiger partial charge in [-0.2, -0.15) is 8.78 Å². The third-order valence-electron chi connectivity index (χ3n) is 3.08. The van der Waals surface area contributed by atoms with Gasteiger partial charge in [-0.15, -0.1) is 0 Å². The molecule has 1 amide bonds. The van der Waals surface area contributed by atoms with E-state index in [0.29, 0.717) is 28.1 Å². The molecular weight excluding hydrogens is 320 g/mol. The number of thioether (sulfide) groups is 1. The van der Waals surface area contributed by atoms with Crippen LogP contribution in [0.25, 0.3) is 0 Å². The maximum absolute atomic E-state index is 12.2. The summed E-state index contributed by atoms with van der Waals surface area (Å²) < 4.78 is 30.0. The molecule has 0 aliphatic carbocycles. The highest BCUT2D eigenvalue weighted by Gasteiger charge is 2.08. The summed E-state index contributed by atoms with van der Waals surface area (Å²) in [6.07, 6.45) is 0.820. The Kier molecular flexibility index (Phi) is 6.40. The molecule has 0 aromatic heterocycles. The highest BCUT2D eigenvalue weighted by molar-refractivity contribution is 7.99. The number of para-hydroxylation sites is 1. The summed E-state index contributed by atoms with van der Waals surface area (Å²) in [6, 6.07) is 13.8. The Morgan fingerprint density at radius 3 is 2.52 bits per heavy atom. The van der Waals surface area contributed by atoms with Gasteiger partial charge in [-0.25, -0.2) is 0 Å². The largest absolute Gasteiger partial charge is 0.483 e. The van der Waals surface area contributed by atoms with Gasteiger partial charge in [0, 0.05) is 10.6 Å². The van der Waals surface area contributed by atoms with E-state index in [4.69, 9.17) is 4.74 Å². The maximum atomic E-state index is 12.2. The van der Waals surface area contributed by atoms with Gasteiger partial charge in [-0.05, 0) is 42.3 Å². The highest BCUT2D eigenvalue weighted by Crippen LogP contribution is 2.26. The Labute approximate surface area is 138 Å². The van der Waals surface area contributed by atoms with E-state index < -0.39 is 5.76 Å². The van der Waals surface area contributed by atoms with Crippen LogP contribution >= 0.6 is 11.8 Å². The van der Waals surface area contributed by atoms with Crippen LogP contribution in [-0.2, 0) is 11.2 Å². The van der Waals surface area contributed by atoms with Crippen LogP contribution in [0.5, 0.6) is 5.75 Å². The molecule has 0 unspecified atom stereocenters. The van der Waals surface area contributed by atoms with Gasteiger partial charge in [0.2, 0.25) is 0 Å². The molecule has 2 aromatic rings. The van der Waals surface area contributed by atoms with Crippen molar-refractivity contribution in [2.45, 2.75) is 24.0 Å². The molecule has 0 aliphatic rings. The summed E-state index contributed by atoms with van der Waals surface area (Å²) in [7, 11) is 0. The first-order chi connectivity index (χ1) is 11.1. The standard InChI is InChI=1S/C17H17F2NO2S/c1-2-12-5-3-4-6-15(12)22-11-16(21)20-13-7-9-14(10-8-13)23-17(18)19/h3-10,17H,2,11H2,1H3,(H,20,21). The predicted molar refractivity (Wildman–Crippen MR) is 88.2 cm³/mol. The summed E-state index contributed by atoms with van der Waals surface area (Å²) in [4.78, 5) is 12.3. The number of carbonyl (C=O) groups is 1. The molecule has 23 heavy (non-hydrogen) atoms. The first-order valence-corrected chi connectivity index (χ1v) is 8.02. The molecule has 0 atom stereocenters. The zero-order valence-electron chi connectivity index (χ0n) is 12.6. The van der Waals surface area contributed by atoms with Gasteiger partial charge >= 0.3 is 0 Å². The topological polar surface area (TPSA) is 38.3 Å². The molecular formula is C17H17F2NO2S. The van der Waals surface area contributed by atoms with Gasteiger partial charge in [0.15, 0.2) is 6.61 Å². The van der Waals surface area contributed by atoms with E-state index in [-0.39, 0.29) is 12.5 Å².